The van der Waals surface area contributed by atoms with Crippen LogP contribution in [0.2, 0.25) is 5.02 Å². The second-order valence-corrected chi connectivity index (χ2v) is 6.02. The molecule has 8 nitrogen and oxygen atoms in total. The van der Waals surface area contributed by atoms with Crippen LogP contribution in [-0.4, -0.2) is 58.6 Å². The molecule has 1 aromatic carbocycles. The molecule has 146 valence electrons. The van der Waals surface area contributed by atoms with Crippen LogP contribution in [0.4, 0.5) is 18.9 Å². The van der Waals surface area contributed by atoms with E-state index in [1.165, 1.54) is 29.3 Å². The Kier molecular flexibility index (Phi) is 6.26. The van der Waals surface area contributed by atoms with E-state index in [0.29, 0.717) is 0 Å². The van der Waals surface area contributed by atoms with Crippen molar-refractivity contribution in [2.45, 2.75) is 12.7 Å². The smallest absolute Gasteiger partial charge is 0.422 e. The molecule has 0 aliphatic heterocycles. The Bertz CT molecular complexity index is 838. The summed E-state index contributed by atoms with van der Waals surface area (Å²) in [5.41, 5.74) is -0.195. The van der Waals surface area contributed by atoms with Crippen LogP contribution in [0.15, 0.2) is 24.4 Å². The SMILES string of the molecule is CN(C)C(=O)Cn1cc(C(=O)Nc2cc(Cl)ccc2OCC(F)(F)F)nn1. The minimum absolute atomic E-state index is 0.0596. The predicted octanol–water partition coefficient (Wildman–Crippen LogP) is 2.21. The van der Waals surface area contributed by atoms with Crippen LogP contribution in [0.25, 0.3) is 0 Å². The maximum absolute atomic E-state index is 12.4. The van der Waals surface area contributed by atoms with Crippen LogP contribution < -0.4 is 10.1 Å². The van der Waals surface area contributed by atoms with Gasteiger partial charge in [-0.15, -0.1) is 5.10 Å². The molecule has 1 heterocycles. The Morgan fingerprint density at radius 1 is 1.33 bits per heavy atom. The molecule has 0 bridgehead atoms. The van der Waals surface area contributed by atoms with E-state index in [-0.39, 0.29) is 34.6 Å². The summed E-state index contributed by atoms with van der Waals surface area (Å²) >= 11 is 5.82. The van der Waals surface area contributed by atoms with Crippen molar-refractivity contribution in [1.29, 1.82) is 0 Å². The summed E-state index contributed by atoms with van der Waals surface area (Å²) in [5.74, 6) is -1.22. The zero-order valence-electron chi connectivity index (χ0n) is 14.2. The van der Waals surface area contributed by atoms with Gasteiger partial charge in [0.25, 0.3) is 5.91 Å². The van der Waals surface area contributed by atoms with Gasteiger partial charge in [0.15, 0.2) is 12.3 Å². The van der Waals surface area contributed by atoms with Gasteiger partial charge in [0, 0.05) is 19.1 Å². The Morgan fingerprint density at radius 3 is 2.67 bits per heavy atom. The number of amides is 2. The molecular weight excluding hydrogens is 391 g/mol. The lowest BCUT2D eigenvalue weighted by atomic mass is 10.2. The lowest BCUT2D eigenvalue weighted by Crippen LogP contribution is -2.26. The van der Waals surface area contributed by atoms with Gasteiger partial charge in [-0.1, -0.05) is 16.8 Å². The number of alkyl halides is 3. The summed E-state index contributed by atoms with van der Waals surface area (Å²) in [5, 5.41) is 9.85. The zero-order valence-corrected chi connectivity index (χ0v) is 15.0. The minimum Gasteiger partial charge on any atom is -0.482 e. The van der Waals surface area contributed by atoms with Crippen LogP contribution >= 0.6 is 11.6 Å². The van der Waals surface area contributed by atoms with E-state index in [4.69, 9.17) is 11.6 Å². The van der Waals surface area contributed by atoms with Crippen LogP contribution in [0, 0.1) is 0 Å². The van der Waals surface area contributed by atoms with Crippen LogP contribution in [-0.2, 0) is 11.3 Å². The van der Waals surface area contributed by atoms with Crippen molar-refractivity contribution in [3.8, 4) is 5.75 Å². The third kappa shape index (κ3) is 6.13. The number of benzene rings is 1. The topological polar surface area (TPSA) is 89.4 Å². The maximum atomic E-state index is 12.4. The van der Waals surface area contributed by atoms with E-state index >= 15 is 0 Å². The average Bonchev–Trinajstić information content (AvgIpc) is 3.01. The zero-order chi connectivity index (χ0) is 20.2. The largest absolute Gasteiger partial charge is 0.482 e. The number of nitrogens with zero attached hydrogens (tertiary/aromatic N) is 4. The number of hydrogen-bond donors (Lipinski definition) is 1. The minimum atomic E-state index is -4.54. The second-order valence-electron chi connectivity index (χ2n) is 5.59. The summed E-state index contributed by atoms with van der Waals surface area (Å²) in [7, 11) is 3.13. The molecule has 2 rings (SSSR count). The Labute approximate surface area is 156 Å². The lowest BCUT2D eigenvalue weighted by Gasteiger charge is -2.13. The van der Waals surface area contributed by atoms with Crippen molar-refractivity contribution in [2.75, 3.05) is 26.0 Å². The van der Waals surface area contributed by atoms with Crippen molar-refractivity contribution in [1.82, 2.24) is 19.9 Å². The Balaban J connectivity index is 2.12. The molecule has 27 heavy (non-hydrogen) atoms. The monoisotopic (exact) mass is 405 g/mol. The molecule has 0 aliphatic carbocycles. The van der Waals surface area contributed by atoms with Gasteiger partial charge in [0.2, 0.25) is 5.91 Å². The first-order valence-corrected chi connectivity index (χ1v) is 7.83. The van der Waals surface area contributed by atoms with Crippen LogP contribution in [0.1, 0.15) is 10.5 Å². The summed E-state index contributed by atoms with van der Waals surface area (Å²) in [6.45, 7) is -1.65. The van der Waals surface area contributed by atoms with Crippen molar-refractivity contribution in [2.24, 2.45) is 0 Å². The molecule has 0 spiro atoms. The Hall–Kier alpha value is -2.82. The highest BCUT2D eigenvalue weighted by Gasteiger charge is 2.29. The molecule has 2 amide bonds. The molecule has 0 unspecified atom stereocenters. The van der Waals surface area contributed by atoms with Crippen molar-refractivity contribution < 1.29 is 27.5 Å². The molecule has 0 atom stereocenters. The number of nitrogens with one attached hydrogen (secondary N) is 1. The van der Waals surface area contributed by atoms with E-state index in [1.807, 2.05) is 0 Å². The highest BCUT2D eigenvalue weighted by atomic mass is 35.5. The second kappa shape index (κ2) is 8.25. The number of ether oxygens (including phenoxy) is 1. The first-order chi connectivity index (χ1) is 12.5. The van der Waals surface area contributed by atoms with Gasteiger partial charge >= 0.3 is 6.18 Å². The van der Waals surface area contributed by atoms with Gasteiger partial charge in [-0.3, -0.25) is 9.59 Å². The van der Waals surface area contributed by atoms with Gasteiger partial charge in [0.1, 0.15) is 12.3 Å². The molecule has 1 aromatic heterocycles. The lowest BCUT2D eigenvalue weighted by molar-refractivity contribution is -0.153. The number of likely N-dealkylation sites (N-methyl/N-ethyl adjacent to an activating group) is 1. The summed E-state index contributed by atoms with van der Waals surface area (Å²) < 4.78 is 42.9. The number of hydrogen-bond acceptors (Lipinski definition) is 5. The van der Waals surface area contributed by atoms with E-state index in [2.05, 4.69) is 20.4 Å². The number of anilines is 1. The third-order valence-corrected chi connectivity index (χ3v) is 3.38. The van der Waals surface area contributed by atoms with Gasteiger partial charge < -0.3 is 15.0 Å². The van der Waals surface area contributed by atoms with Gasteiger partial charge in [0.05, 0.1) is 11.9 Å². The van der Waals surface area contributed by atoms with Crippen molar-refractivity contribution >= 4 is 29.1 Å². The molecular formula is C15H15ClF3N5O3. The number of halogens is 4. The molecule has 1 N–H and O–H groups in total. The molecule has 0 saturated carbocycles. The predicted molar refractivity (Wildman–Crippen MR) is 89.7 cm³/mol. The first-order valence-electron chi connectivity index (χ1n) is 7.46. The number of rotatable bonds is 6. The average molecular weight is 406 g/mol. The first kappa shape index (κ1) is 20.5. The maximum Gasteiger partial charge on any atom is 0.422 e. The highest BCUT2D eigenvalue weighted by molar-refractivity contribution is 6.31. The van der Waals surface area contributed by atoms with Gasteiger partial charge in [-0.25, -0.2) is 4.68 Å². The number of aromatic nitrogens is 3. The molecule has 2 aromatic rings. The number of carbonyl (C=O) groups is 2. The fourth-order valence-electron chi connectivity index (χ4n) is 1.83. The van der Waals surface area contributed by atoms with Gasteiger partial charge in [-0.05, 0) is 18.2 Å². The Morgan fingerprint density at radius 2 is 2.04 bits per heavy atom. The standard InChI is InChI=1S/C15H15ClF3N5O3/c1-23(2)13(25)7-24-6-11(21-22-24)14(26)20-10-5-9(16)3-4-12(10)27-8-15(17,18)19/h3-6H,7-8H2,1-2H3,(H,20,26). The quantitative estimate of drug-likeness (QED) is 0.796. The van der Waals surface area contributed by atoms with Crippen LogP contribution in [0.5, 0.6) is 5.75 Å². The summed E-state index contributed by atoms with van der Waals surface area (Å²) in [6, 6.07) is 3.77. The van der Waals surface area contributed by atoms with E-state index in [1.54, 1.807) is 14.1 Å². The molecule has 0 radical (unpaired) electrons. The van der Waals surface area contributed by atoms with E-state index in [9.17, 15) is 22.8 Å². The van der Waals surface area contributed by atoms with E-state index < -0.39 is 18.7 Å². The normalized spacial score (nSPS) is 11.2. The van der Waals surface area contributed by atoms with Crippen molar-refractivity contribution in [3.63, 3.8) is 0 Å². The van der Waals surface area contributed by atoms with Crippen LogP contribution in [0.3, 0.4) is 0 Å². The molecule has 12 heteroatoms. The summed E-state index contributed by atoms with van der Waals surface area (Å²) in [4.78, 5) is 25.2. The molecule has 0 aliphatic rings. The van der Waals surface area contributed by atoms with Crippen molar-refractivity contribution in [3.05, 3.63) is 35.1 Å². The molecule has 0 fully saturated rings. The molecule has 0 saturated heterocycles. The van der Waals surface area contributed by atoms with Gasteiger partial charge in [-0.2, -0.15) is 13.2 Å². The third-order valence-electron chi connectivity index (χ3n) is 3.15. The highest BCUT2D eigenvalue weighted by Crippen LogP contribution is 2.30. The fourth-order valence-corrected chi connectivity index (χ4v) is 2.00. The van der Waals surface area contributed by atoms with E-state index in [0.717, 1.165) is 4.68 Å². The summed E-state index contributed by atoms with van der Waals surface area (Å²) in [6.07, 6.45) is -3.31. The number of carbonyl (C=O) groups excluding carboxylic acids is 2. The fraction of sp³-hybridized carbons (Fsp3) is 0.333.